The highest BCUT2D eigenvalue weighted by Gasteiger charge is 2.08. The molecule has 3 rings (SSSR count). The van der Waals surface area contributed by atoms with Gasteiger partial charge in [0.2, 0.25) is 0 Å². The van der Waals surface area contributed by atoms with Crippen LogP contribution in [0.15, 0.2) is 48.8 Å². The minimum Gasteiger partial charge on any atom is -0.497 e. The first-order valence-corrected chi connectivity index (χ1v) is 6.63. The summed E-state index contributed by atoms with van der Waals surface area (Å²) in [6, 6.07) is 10.4. The van der Waals surface area contributed by atoms with Crippen molar-refractivity contribution < 1.29 is 19.4 Å². The van der Waals surface area contributed by atoms with Crippen molar-refractivity contribution in [3.63, 3.8) is 0 Å². The Morgan fingerprint density at radius 2 is 1.91 bits per heavy atom. The van der Waals surface area contributed by atoms with E-state index in [1.807, 2.05) is 24.3 Å². The Kier molecular flexibility index (Phi) is 3.65. The van der Waals surface area contributed by atoms with Crippen LogP contribution < -0.4 is 9.47 Å². The zero-order chi connectivity index (χ0) is 15.5. The lowest BCUT2D eigenvalue weighted by Crippen LogP contribution is -2.03. The smallest absolute Gasteiger partial charge is 0.337 e. The Morgan fingerprint density at radius 1 is 1.18 bits per heavy atom. The molecule has 22 heavy (non-hydrogen) atoms. The van der Waals surface area contributed by atoms with E-state index in [9.17, 15) is 4.79 Å². The van der Waals surface area contributed by atoms with E-state index in [0.29, 0.717) is 11.4 Å². The van der Waals surface area contributed by atoms with Gasteiger partial charge in [-0.05, 0) is 36.4 Å². The average molecular weight is 298 g/mol. The van der Waals surface area contributed by atoms with Gasteiger partial charge in [-0.1, -0.05) is 0 Å². The second-order valence-electron chi connectivity index (χ2n) is 4.66. The Bertz CT molecular complexity index is 809. The monoisotopic (exact) mass is 298 g/mol. The van der Waals surface area contributed by atoms with Crippen molar-refractivity contribution in [1.29, 1.82) is 0 Å². The van der Waals surface area contributed by atoms with Crippen LogP contribution in [0, 0.1) is 0 Å². The number of aromatic carboxylic acids is 1. The quantitative estimate of drug-likeness (QED) is 0.784. The lowest BCUT2D eigenvalue weighted by atomic mass is 10.3. The number of carboxylic acids is 1. The molecule has 0 spiro atoms. The molecular weight excluding hydrogens is 284 g/mol. The number of hydrogen-bond acceptors (Lipinski definition) is 4. The molecule has 6 nitrogen and oxygen atoms in total. The number of pyridine rings is 1. The van der Waals surface area contributed by atoms with Crippen LogP contribution in [-0.4, -0.2) is 27.6 Å². The van der Waals surface area contributed by atoms with E-state index < -0.39 is 5.97 Å². The third-order valence-electron chi connectivity index (χ3n) is 3.28. The molecule has 2 heterocycles. The summed E-state index contributed by atoms with van der Waals surface area (Å²) in [7, 11) is 1.61. The van der Waals surface area contributed by atoms with Gasteiger partial charge in [0.25, 0.3) is 0 Å². The predicted octanol–water partition coefficient (Wildman–Crippen LogP) is 2.62. The SMILES string of the molecule is COc1ccc(OCc2cnc3ccc(C(=O)O)cn23)cc1. The topological polar surface area (TPSA) is 73.1 Å². The number of rotatable bonds is 5. The van der Waals surface area contributed by atoms with E-state index in [1.54, 1.807) is 23.8 Å². The van der Waals surface area contributed by atoms with Crippen LogP contribution in [0.3, 0.4) is 0 Å². The minimum absolute atomic E-state index is 0.205. The molecule has 0 unspecified atom stereocenters. The molecule has 0 saturated carbocycles. The molecule has 0 aliphatic heterocycles. The molecule has 0 aliphatic carbocycles. The largest absolute Gasteiger partial charge is 0.497 e. The van der Waals surface area contributed by atoms with Crippen LogP contribution in [0.2, 0.25) is 0 Å². The van der Waals surface area contributed by atoms with E-state index in [-0.39, 0.29) is 12.2 Å². The van der Waals surface area contributed by atoms with Gasteiger partial charge in [-0.15, -0.1) is 0 Å². The Labute approximate surface area is 126 Å². The maximum Gasteiger partial charge on any atom is 0.337 e. The number of aromatic nitrogens is 2. The summed E-state index contributed by atoms with van der Waals surface area (Å²) in [4.78, 5) is 15.3. The number of hydrogen-bond donors (Lipinski definition) is 1. The van der Waals surface area contributed by atoms with Crippen molar-refractivity contribution in [3.05, 3.63) is 60.0 Å². The fourth-order valence-electron chi connectivity index (χ4n) is 2.09. The molecule has 2 aromatic heterocycles. The highest BCUT2D eigenvalue weighted by Crippen LogP contribution is 2.18. The maximum atomic E-state index is 11.0. The Hall–Kier alpha value is -3.02. The van der Waals surface area contributed by atoms with Crippen molar-refractivity contribution in [2.45, 2.75) is 6.61 Å². The van der Waals surface area contributed by atoms with E-state index >= 15 is 0 Å². The van der Waals surface area contributed by atoms with Gasteiger partial charge >= 0.3 is 5.97 Å². The van der Waals surface area contributed by atoms with Gasteiger partial charge in [-0.3, -0.25) is 4.40 Å². The standard InChI is InChI=1S/C16H14N2O4/c1-21-13-3-5-14(6-4-13)22-10-12-8-17-15-7-2-11(16(19)20)9-18(12)15/h2-9H,10H2,1H3,(H,19,20). The Balaban J connectivity index is 1.80. The minimum atomic E-state index is -0.974. The van der Waals surface area contributed by atoms with Gasteiger partial charge in [-0.25, -0.2) is 9.78 Å². The molecule has 112 valence electrons. The zero-order valence-electron chi connectivity index (χ0n) is 11.9. The van der Waals surface area contributed by atoms with Crippen LogP contribution in [-0.2, 0) is 6.61 Å². The zero-order valence-corrected chi connectivity index (χ0v) is 11.9. The highest BCUT2D eigenvalue weighted by atomic mass is 16.5. The first-order valence-electron chi connectivity index (χ1n) is 6.63. The molecule has 0 fully saturated rings. The predicted molar refractivity (Wildman–Crippen MR) is 79.5 cm³/mol. The first-order chi connectivity index (χ1) is 10.7. The number of fused-ring (bicyclic) bond motifs is 1. The lowest BCUT2D eigenvalue weighted by molar-refractivity contribution is 0.0696. The third kappa shape index (κ3) is 2.71. The van der Waals surface area contributed by atoms with E-state index in [0.717, 1.165) is 11.4 Å². The van der Waals surface area contributed by atoms with Crippen molar-refractivity contribution >= 4 is 11.6 Å². The van der Waals surface area contributed by atoms with Gasteiger partial charge < -0.3 is 14.6 Å². The Morgan fingerprint density at radius 3 is 2.59 bits per heavy atom. The number of methoxy groups -OCH3 is 1. The molecule has 0 radical (unpaired) electrons. The van der Waals surface area contributed by atoms with E-state index in [1.165, 1.54) is 12.3 Å². The van der Waals surface area contributed by atoms with Crippen molar-refractivity contribution in [1.82, 2.24) is 9.38 Å². The maximum absolute atomic E-state index is 11.0. The normalized spacial score (nSPS) is 10.6. The molecule has 1 aromatic carbocycles. The average Bonchev–Trinajstić information content (AvgIpc) is 2.95. The fourth-order valence-corrected chi connectivity index (χ4v) is 2.09. The second-order valence-corrected chi connectivity index (χ2v) is 4.66. The molecule has 0 bridgehead atoms. The second kappa shape index (κ2) is 5.77. The van der Waals surface area contributed by atoms with Crippen LogP contribution in [0.4, 0.5) is 0 Å². The number of imidazole rings is 1. The molecular formula is C16H14N2O4. The van der Waals surface area contributed by atoms with Crippen LogP contribution in [0.1, 0.15) is 16.1 Å². The molecule has 1 N–H and O–H groups in total. The molecule has 0 amide bonds. The summed E-state index contributed by atoms with van der Waals surface area (Å²) in [5, 5.41) is 9.05. The van der Waals surface area contributed by atoms with Gasteiger partial charge in [-0.2, -0.15) is 0 Å². The van der Waals surface area contributed by atoms with Crippen LogP contribution >= 0.6 is 0 Å². The van der Waals surface area contributed by atoms with E-state index in [4.69, 9.17) is 14.6 Å². The number of nitrogens with zero attached hydrogens (tertiary/aromatic N) is 2. The summed E-state index contributed by atoms with van der Waals surface area (Å²) >= 11 is 0. The van der Waals surface area contributed by atoms with Gasteiger partial charge in [0.05, 0.1) is 24.6 Å². The van der Waals surface area contributed by atoms with Crippen LogP contribution in [0.25, 0.3) is 5.65 Å². The summed E-state index contributed by atoms with van der Waals surface area (Å²) in [5.74, 6) is 0.482. The number of carbonyl (C=O) groups is 1. The number of ether oxygens (including phenoxy) is 2. The van der Waals surface area contributed by atoms with Crippen molar-refractivity contribution in [3.8, 4) is 11.5 Å². The number of carboxylic acid groups (broad SMARTS) is 1. The van der Waals surface area contributed by atoms with Crippen molar-refractivity contribution in [2.75, 3.05) is 7.11 Å². The fraction of sp³-hybridized carbons (Fsp3) is 0.125. The summed E-state index contributed by atoms with van der Waals surface area (Å²) < 4.78 is 12.5. The first kappa shape index (κ1) is 13.9. The van der Waals surface area contributed by atoms with Crippen molar-refractivity contribution in [2.24, 2.45) is 0 Å². The summed E-state index contributed by atoms with van der Waals surface area (Å²) in [6.07, 6.45) is 3.21. The molecule has 0 atom stereocenters. The van der Waals surface area contributed by atoms with Gasteiger partial charge in [0, 0.05) is 6.20 Å². The van der Waals surface area contributed by atoms with Gasteiger partial charge in [0.15, 0.2) is 0 Å². The summed E-state index contributed by atoms with van der Waals surface area (Å²) in [5.41, 5.74) is 1.66. The summed E-state index contributed by atoms with van der Waals surface area (Å²) in [6.45, 7) is 0.288. The lowest BCUT2D eigenvalue weighted by Gasteiger charge is -2.07. The number of benzene rings is 1. The van der Waals surface area contributed by atoms with Gasteiger partial charge in [0.1, 0.15) is 23.8 Å². The molecule has 0 saturated heterocycles. The highest BCUT2D eigenvalue weighted by molar-refractivity contribution is 5.87. The molecule has 0 aliphatic rings. The molecule has 3 aromatic rings. The van der Waals surface area contributed by atoms with E-state index in [2.05, 4.69) is 4.98 Å². The van der Waals surface area contributed by atoms with Crippen LogP contribution in [0.5, 0.6) is 11.5 Å². The molecule has 6 heteroatoms. The third-order valence-corrected chi connectivity index (χ3v) is 3.28.